The number of hydrazone groups is 1. The van der Waals surface area contributed by atoms with E-state index in [1.807, 2.05) is 5.01 Å². The number of esters is 1. The third kappa shape index (κ3) is 8.87. The Morgan fingerprint density at radius 1 is 0.952 bits per heavy atom. The van der Waals surface area contributed by atoms with E-state index in [4.69, 9.17) is 24.0 Å². The Hall–Kier alpha value is -5.16. The lowest BCUT2D eigenvalue weighted by atomic mass is 9.78. The summed E-state index contributed by atoms with van der Waals surface area (Å²) in [6, 6.07) is 0.305. The number of nitrogens with zero attached hydrogens (tertiary/aromatic N) is 3. The van der Waals surface area contributed by atoms with Crippen LogP contribution in [0.5, 0.6) is 23.0 Å². The maximum Gasteiger partial charge on any atom is 0.312 e. The van der Waals surface area contributed by atoms with Gasteiger partial charge >= 0.3 is 11.8 Å². The van der Waals surface area contributed by atoms with E-state index in [1.165, 1.54) is 59.4 Å². The number of Topliss-reactive ketones (excluding diaryl/α,β-unsaturated/α-hetero) is 1. The van der Waals surface area contributed by atoms with Crippen LogP contribution in [0, 0.1) is 30.6 Å². The lowest BCUT2D eigenvalue weighted by molar-refractivity contribution is -0.160. The third-order valence-corrected chi connectivity index (χ3v) is 13.2. The van der Waals surface area contributed by atoms with Crippen molar-refractivity contribution in [3.05, 3.63) is 52.8 Å². The van der Waals surface area contributed by atoms with E-state index < -0.39 is 88.8 Å². The number of carbonyl (C=O) groups excluding carboxylic acids is 3. The van der Waals surface area contributed by atoms with Crippen LogP contribution in [0.4, 0.5) is 5.69 Å². The second-order valence-electron chi connectivity index (χ2n) is 17.5. The van der Waals surface area contributed by atoms with Crippen molar-refractivity contribution in [2.45, 2.75) is 111 Å². The first-order chi connectivity index (χ1) is 29.3. The first kappa shape index (κ1) is 46.3. The minimum atomic E-state index is -2.04. The number of carbonyl (C=O) groups is 3. The van der Waals surface area contributed by atoms with Gasteiger partial charge in [-0.2, -0.15) is 5.10 Å². The van der Waals surface area contributed by atoms with Crippen molar-refractivity contribution in [1.82, 2.24) is 9.91 Å². The Labute approximate surface area is 362 Å². The summed E-state index contributed by atoms with van der Waals surface area (Å²) in [4.78, 5) is 43.2. The van der Waals surface area contributed by atoms with Gasteiger partial charge in [0, 0.05) is 80.3 Å². The molecule has 0 aliphatic carbocycles. The highest BCUT2D eigenvalue weighted by atomic mass is 16.7. The molecule has 2 fully saturated rings. The van der Waals surface area contributed by atoms with E-state index in [0.29, 0.717) is 19.1 Å². The van der Waals surface area contributed by atoms with Crippen LogP contribution in [-0.2, 0) is 23.8 Å². The van der Waals surface area contributed by atoms with Crippen LogP contribution in [0.25, 0.3) is 10.8 Å². The fourth-order valence-corrected chi connectivity index (χ4v) is 9.26. The van der Waals surface area contributed by atoms with Gasteiger partial charge in [-0.25, -0.2) is 0 Å². The van der Waals surface area contributed by atoms with Gasteiger partial charge in [-0.05, 0) is 39.3 Å². The molecule has 2 aromatic rings. The SMILES string of the molecule is CO[C@H]1/C=C/O[C@@]2(C)Oc3c(C)c(O)c4c(O)c(c(/C=N/N5CCN6CCCCC6C5)c(O)c4c3C2=O)NC(=O)/C(C)=C\C=C\[C@H](C)[C@H](O)[C@@H](C)[C@@H](O)[C@@H](C)[C@H](OC(C)=O)[C@@H]1C. The zero-order valence-electron chi connectivity index (χ0n) is 37.0. The molecule has 7 rings (SSSR count). The first-order valence-corrected chi connectivity index (χ1v) is 21.4. The summed E-state index contributed by atoms with van der Waals surface area (Å²) < 4.78 is 23.7. The highest BCUT2D eigenvalue weighted by Crippen LogP contribution is 2.55. The lowest BCUT2D eigenvalue weighted by Gasteiger charge is -2.42. The zero-order chi connectivity index (χ0) is 45.4. The molecule has 10 atom stereocenters. The molecule has 0 aromatic heterocycles. The van der Waals surface area contributed by atoms with Gasteiger partial charge < -0.3 is 49.8 Å². The van der Waals surface area contributed by atoms with Gasteiger partial charge in [-0.15, -0.1) is 0 Å². The quantitative estimate of drug-likeness (QED) is 0.100. The molecule has 0 spiro atoms. The fourth-order valence-electron chi connectivity index (χ4n) is 9.26. The summed E-state index contributed by atoms with van der Waals surface area (Å²) >= 11 is 0. The van der Waals surface area contributed by atoms with E-state index >= 15 is 0 Å². The van der Waals surface area contributed by atoms with Crippen LogP contribution >= 0.6 is 0 Å². The number of aromatic hydroxyl groups is 3. The van der Waals surface area contributed by atoms with Crippen molar-refractivity contribution in [1.29, 1.82) is 0 Å². The Kier molecular flexibility index (Phi) is 14.0. The number of ether oxygens (including phenoxy) is 4. The van der Waals surface area contributed by atoms with Crippen molar-refractivity contribution >= 4 is 40.3 Å². The molecule has 1 unspecified atom stereocenters. The summed E-state index contributed by atoms with van der Waals surface area (Å²) in [5, 5.41) is 67.6. The molecule has 16 nitrogen and oxygen atoms in total. The highest BCUT2D eigenvalue weighted by molar-refractivity contribution is 6.23. The molecule has 0 radical (unpaired) electrons. The Morgan fingerprint density at radius 2 is 1.68 bits per heavy atom. The van der Waals surface area contributed by atoms with Gasteiger partial charge in [-0.3, -0.25) is 24.3 Å². The molecular weight excluding hydrogens is 801 g/mol. The molecule has 5 heterocycles. The largest absolute Gasteiger partial charge is 0.507 e. The molecule has 2 saturated heterocycles. The van der Waals surface area contributed by atoms with Crippen LogP contribution in [0.1, 0.15) is 89.2 Å². The number of fused-ring (bicyclic) bond motifs is 15. The topological polar surface area (TPSA) is 220 Å². The minimum absolute atomic E-state index is 0.0633. The predicted molar refractivity (Wildman–Crippen MR) is 232 cm³/mol. The molecule has 338 valence electrons. The molecule has 16 heteroatoms. The molecule has 2 aromatic carbocycles. The number of phenolic OH excluding ortho intramolecular Hbond substituents is 3. The van der Waals surface area contributed by atoms with Gasteiger partial charge in [0.05, 0.1) is 59.5 Å². The van der Waals surface area contributed by atoms with Crippen LogP contribution in [0.2, 0.25) is 0 Å². The number of piperazine rings is 1. The van der Waals surface area contributed by atoms with E-state index in [9.17, 15) is 39.9 Å². The number of allylic oxidation sites excluding steroid dienone is 2. The lowest BCUT2D eigenvalue weighted by Crippen LogP contribution is -2.53. The summed E-state index contributed by atoms with van der Waals surface area (Å²) in [5.41, 5.74) is -0.287. The number of aliphatic hydroxyl groups is 2. The maximum atomic E-state index is 14.5. The first-order valence-electron chi connectivity index (χ1n) is 21.4. The molecular formula is C46H62N4O12. The van der Waals surface area contributed by atoms with E-state index in [2.05, 4.69) is 10.2 Å². The number of benzene rings is 2. The van der Waals surface area contributed by atoms with Gasteiger partial charge in [0.1, 0.15) is 23.4 Å². The van der Waals surface area contributed by atoms with E-state index in [0.717, 1.165) is 32.4 Å². The molecule has 5 aliphatic rings. The van der Waals surface area contributed by atoms with Crippen molar-refractivity contribution in [2.24, 2.45) is 28.8 Å². The minimum Gasteiger partial charge on any atom is -0.507 e. The molecule has 0 saturated carbocycles. The number of hydrogen-bond acceptors (Lipinski definition) is 15. The van der Waals surface area contributed by atoms with Crippen LogP contribution in [-0.4, -0.2) is 129 Å². The second kappa shape index (κ2) is 18.7. The maximum absolute atomic E-state index is 14.5. The molecule has 62 heavy (non-hydrogen) atoms. The number of phenols is 3. The Morgan fingerprint density at radius 3 is 2.37 bits per heavy atom. The standard InChI is InChI=1S/C46H62N4O12/c1-23-13-12-14-24(2)45(58)48-36-31(21-47-50-19-18-49-17-11-10-15-30(49)22-50)40(55)33-34(41(36)56)39(54)28(6)43-35(33)44(57)46(8,62-43)60-20-16-32(59-9)25(3)42(61-29(7)51)27(5)38(53)26(4)37(23)52/h12-14,16,20-21,23,25-27,30,32,37-38,42,52-56H,10-11,15,17-19,22H2,1-9H3,(H,48,58)/b13-12+,20-16+,24-14-,47-21+/t23-,25+,26+,27+,30?,32-,37-,38+,42+,46-/m0/s1. The third-order valence-electron chi connectivity index (χ3n) is 13.2. The van der Waals surface area contributed by atoms with Gasteiger partial charge in [-0.1, -0.05) is 52.3 Å². The smallest absolute Gasteiger partial charge is 0.312 e. The van der Waals surface area contributed by atoms with Crippen LogP contribution < -0.4 is 10.1 Å². The summed E-state index contributed by atoms with van der Waals surface area (Å²) in [5.74, 6) is -8.27. The van der Waals surface area contributed by atoms with Crippen LogP contribution in [0.3, 0.4) is 0 Å². The monoisotopic (exact) mass is 862 g/mol. The van der Waals surface area contributed by atoms with Crippen molar-refractivity contribution in [2.75, 3.05) is 38.6 Å². The molecule has 1 amide bonds. The molecule has 6 N–H and O–H groups in total. The van der Waals surface area contributed by atoms with Crippen molar-refractivity contribution in [3.8, 4) is 23.0 Å². The number of amides is 1. The molecule has 5 bridgehead atoms. The number of piperidine rings is 1. The summed E-state index contributed by atoms with van der Waals surface area (Å²) in [7, 11) is 1.44. The van der Waals surface area contributed by atoms with Crippen molar-refractivity contribution < 1.29 is 58.9 Å². The summed E-state index contributed by atoms with van der Waals surface area (Å²) in [6.45, 7) is 15.6. The molecule has 5 aliphatic heterocycles. The fraction of sp³-hybridized carbons (Fsp3) is 0.565. The number of hydrogen-bond donors (Lipinski definition) is 6. The summed E-state index contributed by atoms with van der Waals surface area (Å²) in [6.07, 6.45) is 8.25. The number of ketones is 1. The normalized spacial score (nSPS) is 33.4. The average molecular weight is 863 g/mol. The average Bonchev–Trinajstić information content (AvgIpc) is 3.51. The number of aliphatic hydroxyl groups excluding tert-OH is 2. The zero-order valence-corrected chi connectivity index (χ0v) is 37.0. The Balaban J connectivity index is 1.50. The number of rotatable bonds is 4. The van der Waals surface area contributed by atoms with Crippen LogP contribution in [0.15, 0.2) is 41.2 Å². The number of anilines is 1. The highest BCUT2D eigenvalue weighted by Gasteiger charge is 2.50. The van der Waals surface area contributed by atoms with Gasteiger partial charge in [0.2, 0.25) is 0 Å². The van der Waals surface area contributed by atoms with Gasteiger partial charge in [0.25, 0.3) is 11.7 Å². The van der Waals surface area contributed by atoms with Crippen molar-refractivity contribution in [3.63, 3.8) is 0 Å². The predicted octanol–water partition coefficient (Wildman–Crippen LogP) is 5.26. The van der Waals surface area contributed by atoms with Gasteiger partial charge in [0.15, 0.2) is 5.75 Å². The van der Waals surface area contributed by atoms with E-state index in [1.54, 1.807) is 39.8 Å². The number of nitrogens with one attached hydrogen (secondary N) is 1. The second-order valence-corrected chi connectivity index (χ2v) is 17.5. The number of methoxy groups -OCH3 is 1. The Bertz CT molecular complexity index is 2190. The van der Waals surface area contributed by atoms with E-state index in [-0.39, 0.29) is 44.5 Å².